The van der Waals surface area contributed by atoms with Crippen molar-refractivity contribution in [2.75, 3.05) is 13.6 Å². The molecule has 0 amide bonds. The third-order valence-corrected chi connectivity index (χ3v) is 3.85. The molecule has 0 bridgehead atoms. The molecule has 0 saturated heterocycles. The Balaban J connectivity index is 2.61. The van der Waals surface area contributed by atoms with Gasteiger partial charge in [-0.2, -0.15) is 0 Å². The Morgan fingerprint density at radius 3 is 2.62 bits per heavy atom. The molecule has 0 fully saturated rings. The van der Waals surface area contributed by atoms with Crippen LogP contribution in [0.2, 0.25) is 4.34 Å². The van der Waals surface area contributed by atoms with E-state index in [1.807, 2.05) is 13.1 Å². The Hall–Kier alpha value is -0.0500. The van der Waals surface area contributed by atoms with Gasteiger partial charge in [0, 0.05) is 4.88 Å². The lowest BCUT2D eigenvalue weighted by Crippen LogP contribution is -2.20. The van der Waals surface area contributed by atoms with Crippen molar-refractivity contribution < 1.29 is 0 Å². The lowest BCUT2D eigenvalue weighted by atomic mass is 9.94. The molecule has 0 aliphatic carbocycles. The van der Waals surface area contributed by atoms with E-state index in [1.165, 1.54) is 4.88 Å². The van der Waals surface area contributed by atoms with E-state index in [0.29, 0.717) is 11.8 Å². The Kier molecular flexibility index (Phi) is 4.23. The Bertz CT molecular complexity index is 259. The van der Waals surface area contributed by atoms with Gasteiger partial charge in [0.2, 0.25) is 0 Å². The van der Waals surface area contributed by atoms with Gasteiger partial charge in [-0.05, 0) is 37.6 Å². The highest BCUT2D eigenvalue weighted by molar-refractivity contribution is 7.16. The highest BCUT2D eigenvalue weighted by Crippen LogP contribution is 2.32. The van der Waals surface area contributed by atoms with E-state index in [-0.39, 0.29) is 0 Å². The minimum Gasteiger partial charge on any atom is -0.319 e. The summed E-state index contributed by atoms with van der Waals surface area (Å²) < 4.78 is 0.888. The number of thiophene rings is 1. The van der Waals surface area contributed by atoms with Gasteiger partial charge >= 0.3 is 0 Å². The van der Waals surface area contributed by atoms with E-state index in [4.69, 9.17) is 11.6 Å². The summed E-state index contributed by atoms with van der Waals surface area (Å²) in [7, 11) is 1.99. The number of hydrogen-bond donors (Lipinski definition) is 1. The van der Waals surface area contributed by atoms with Gasteiger partial charge < -0.3 is 5.32 Å². The highest BCUT2D eigenvalue weighted by Gasteiger charge is 2.15. The molecule has 0 aliphatic heterocycles. The monoisotopic (exact) mass is 217 g/mol. The second kappa shape index (κ2) is 4.99. The van der Waals surface area contributed by atoms with Crippen LogP contribution in [0.1, 0.15) is 24.6 Å². The van der Waals surface area contributed by atoms with Crippen molar-refractivity contribution in [1.82, 2.24) is 5.32 Å². The summed E-state index contributed by atoms with van der Waals surface area (Å²) in [5.74, 6) is 1.24. The van der Waals surface area contributed by atoms with Crippen molar-refractivity contribution in [3.8, 4) is 0 Å². The summed E-state index contributed by atoms with van der Waals surface area (Å²) in [6.45, 7) is 5.57. The maximum absolute atomic E-state index is 5.89. The molecule has 1 N–H and O–H groups in total. The van der Waals surface area contributed by atoms with E-state index in [9.17, 15) is 0 Å². The highest BCUT2D eigenvalue weighted by atomic mass is 35.5. The molecule has 74 valence electrons. The van der Waals surface area contributed by atoms with Crippen molar-refractivity contribution in [3.05, 3.63) is 21.3 Å². The van der Waals surface area contributed by atoms with Crippen LogP contribution in [0.15, 0.2) is 12.1 Å². The second-order valence-electron chi connectivity index (χ2n) is 3.47. The SMILES string of the molecule is CNCC(C)C(C)c1ccc(Cl)s1. The summed E-state index contributed by atoms with van der Waals surface area (Å²) in [6.07, 6.45) is 0. The first kappa shape index (κ1) is 11.0. The summed E-state index contributed by atoms with van der Waals surface area (Å²) in [4.78, 5) is 1.38. The minimum atomic E-state index is 0.588. The summed E-state index contributed by atoms with van der Waals surface area (Å²) in [6, 6.07) is 4.11. The zero-order valence-electron chi connectivity index (χ0n) is 8.30. The first-order valence-corrected chi connectivity index (χ1v) is 5.74. The molecule has 3 heteroatoms. The van der Waals surface area contributed by atoms with Gasteiger partial charge in [-0.1, -0.05) is 25.4 Å². The first-order valence-electron chi connectivity index (χ1n) is 4.55. The van der Waals surface area contributed by atoms with Crippen LogP contribution in [-0.4, -0.2) is 13.6 Å². The maximum atomic E-state index is 5.89. The van der Waals surface area contributed by atoms with Gasteiger partial charge in [0.1, 0.15) is 0 Å². The molecule has 0 aromatic carbocycles. The van der Waals surface area contributed by atoms with Crippen LogP contribution >= 0.6 is 22.9 Å². The lowest BCUT2D eigenvalue weighted by molar-refractivity contribution is 0.471. The normalized spacial score (nSPS) is 15.7. The zero-order valence-corrected chi connectivity index (χ0v) is 9.88. The van der Waals surface area contributed by atoms with Gasteiger partial charge in [-0.15, -0.1) is 11.3 Å². The quantitative estimate of drug-likeness (QED) is 0.816. The standard InChI is InChI=1S/C10H16ClNS/c1-7(6-12-3)8(2)9-4-5-10(11)13-9/h4-5,7-8,12H,6H2,1-3H3. The van der Waals surface area contributed by atoms with Gasteiger partial charge in [0.25, 0.3) is 0 Å². The lowest BCUT2D eigenvalue weighted by Gasteiger charge is -2.17. The third kappa shape index (κ3) is 2.97. The summed E-state index contributed by atoms with van der Waals surface area (Å²) >= 11 is 7.58. The molecule has 1 heterocycles. The second-order valence-corrected chi connectivity index (χ2v) is 5.21. The largest absolute Gasteiger partial charge is 0.319 e. The van der Waals surface area contributed by atoms with Crippen LogP contribution in [0.5, 0.6) is 0 Å². The molecular formula is C10H16ClNS. The molecule has 2 unspecified atom stereocenters. The van der Waals surface area contributed by atoms with Crippen LogP contribution in [0.4, 0.5) is 0 Å². The molecule has 1 aromatic rings. The molecule has 0 aliphatic rings. The van der Waals surface area contributed by atoms with E-state index >= 15 is 0 Å². The number of nitrogens with one attached hydrogen (secondary N) is 1. The molecule has 2 atom stereocenters. The predicted octanol–water partition coefficient (Wildman–Crippen LogP) is 3.36. The van der Waals surface area contributed by atoms with Crippen LogP contribution < -0.4 is 5.32 Å². The molecule has 1 aromatic heterocycles. The molecular weight excluding hydrogens is 202 g/mol. The molecule has 13 heavy (non-hydrogen) atoms. The van der Waals surface area contributed by atoms with Crippen LogP contribution in [0.25, 0.3) is 0 Å². The average Bonchev–Trinajstić information content (AvgIpc) is 2.51. The van der Waals surface area contributed by atoms with Crippen LogP contribution in [0, 0.1) is 5.92 Å². The van der Waals surface area contributed by atoms with Crippen molar-refractivity contribution in [2.24, 2.45) is 5.92 Å². The predicted molar refractivity (Wildman–Crippen MR) is 60.8 cm³/mol. The van der Waals surface area contributed by atoms with Crippen molar-refractivity contribution in [3.63, 3.8) is 0 Å². The first-order chi connectivity index (χ1) is 6.15. The average molecular weight is 218 g/mol. The molecule has 1 rings (SSSR count). The van der Waals surface area contributed by atoms with E-state index in [0.717, 1.165) is 10.9 Å². The van der Waals surface area contributed by atoms with Crippen LogP contribution in [-0.2, 0) is 0 Å². The Morgan fingerprint density at radius 2 is 2.15 bits per heavy atom. The van der Waals surface area contributed by atoms with Gasteiger partial charge in [0.15, 0.2) is 0 Å². The van der Waals surface area contributed by atoms with Crippen LogP contribution in [0.3, 0.4) is 0 Å². The Morgan fingerprint density at radius 1 is 1.46 bits per heavy atom. The van der Waals surface area contributed by atoms with E-state index in [2.05, 4.69) is 25.2 Å². The van der Waals surface area contributed by atoms with Gasteiger partial charge in [-0.25, -0.2) is 0 Å². The zero-order chi connectivity index (χ0) is 9.84. The number of halogens is 1. The topological polar surface area (TPSA) is 12.0 Å². The Labute approximate surface area is 89.1 Å². The van der Waals surface area contributed by atoms with Crippen molar-refractivity contribution in [1.29, 1.82) is 0 Å². The molecule has 0 saturated carbocycles. The fourth-order valence-corrected chi connectivity index (χ4v) is 2.60. The number of rotatable bonds is 4. The van der Waals surface area contributed by atoms with E-state index in [1.54, 1.807) is 11.3 Å². The minimum absolute atomic E-state index is 0.588. The molecule has 0 spiro atoms. The fraction of sp³-hybridized carbons (Fsp3) is 0.600. The summed E-state index contributed by atoms with van der Waals surface area (Å²) in [5, 5.41) is 3.20. The fourth-order valence-electron chi connectivity index (χ4n) is 1.35. The summed E-state index contributed by atoms with van der Waals surface area (Å²) in [5.41, 5.74) is 0. The third-order valence-electron chi connectivity index (χ3n) is 2.42. The molecule has 1 nitrogen and oxygen atoms in total. The van der Waals surface area contributed by atoms with Gasteiger partial charge in [-0.3, -0.25) is 0 Å². The van der Waals surface area contributed by atoms with Gasteiger partial charge in [0.05, 0.1) is 4.34 Å². The van der Waals surface area contributed by atoms with E-state index < -0.39 is 0 Å². The maximum Gasteiger partial charge on any atom is 0.0931 e. The molecule has 0 radical (unpaired) electrons. The number of hydrogen-bond acceptors (Lipinski definition) is 2. The van der Waals surface area contributed by atoms with Crippen molar-refractivity contribution in [2.45, 2.75) is 19.8 Å². The smallest absolute Gasteiger partial charge is 0.0931 e. The van der Waals surface area contributed by atoms with Crippen molar-refractivity contribution >= 4 is 22.9 Å².